The standard InChI is InChI=1S/C15H23NO3/c1-2-9-16(13-5-3-4-6-13)14(17)11-7-8-12(10-11)15(18)19/h2,11-13H,1,3-10H2,(H,18,19). The molecule has 2 aliphatic rings. The number of carboxylic acid groups (broad SMARTS) is 1. The van der Waals surface area contributed by atoms with Gasteiger partial charge in [-0.2, -0.15) is 0 Å². The van der Waals surface area contributed by atoms with E-state index < -0.39 is 5.97 Å². The first-order chi connectivity index (χ1) is 9.13. The summed E-state index contributed by atoms with van der Waals surface area (Å²) in [6.45, 7) is 4.33. The van der Waals surface area contributed by atoms with Crippen molar-refractivity contribution in [2.75, 3.05) is 6.54 Å². The molecule has 19 heavy (non-hydrogen) atoms. The number of carboxylic acids is 1. The molecule has 2 fully saturated rings. The van der Waals surface area contributed by atoms with Gasteiger partial charge in [-0.05, 0) is 32.1 Å². The summed E-state index contributed by atoms with van der Waals surface area (Å²) in [7, 11) is 0. The van der Waals surface area contributed by atoms with Crippen LogP contribution in [0.5, 0.6) is 0 Å². The summed E-state index contributed by atoms with van der Waals surface area (Å²) in [5.41, 5.74) is 0. The zero-order valence-corrected chi connectivity index (χ0v) is 11.4. The average Bonchev–Trinajstić information content (AvgIpc) is 3.05. The lowest BCUT2D eigenvalue weighted by Gasteiger charge is -2.30. The highest BCUT2D eigenvalue weighted by atomic mass is 16.4. The maximum Gasteiger partial charge on any atom is 0.306 e. The number of carbonyl (C=O) groups excluding carboxylic acids is 1. The van der Waals surface area contributed by atoms with Crippen LogP contribution in [-0.2, 0) is 9.59 Å². The van der Waals surface area contributed by atoms with Crippen LogP contribution in [0.3, 0.4) is 0 Å². The fourth-order valence-electron chi connectivity index (χ4n) is 3.44. The van der Waals surface area contributed by atoms with Crippen molar-refractivity contribution in [1.29, 1.82) is 0 Å². The van der Waals surface area contributed by atoms with Crippen molar-refractivity contribution in [2.45, 2.75) is 51.0 Å². The van der Waals surface area contributed by atoms with E-state index >= 15 is 0 Å². The van der Waals surface area contributed by atoms with Gasteiger partial charge in [0.1, 0.15) is 0 Å². The van der Waals surface area contributed by atoms with Gasteiger partial charge in [-0.15, -0.1) is 6.58 Å². The van der Waals surface area contributed by atoms with Crippen molar-refractivity contribution >= 4 is 11.9 Å². The van der Waals surface area contributed by atoms with Crippen LogP contribution >= 0.6 is 0 Å². The first kappa shape index (κ1) is 14.1. The number of rotatable bonds is 5. The molecule has 0 bridgehead atoms. The summed E-state index contributed by atoms with van der Waals surface area (Å²) in [5, 5.41) is 9.03. The third kappa shape index (κ3) is 3.17. The third-order valence-corrected chi connectivity index (χ3v) is 4.51. The van der Waals surface area contributed by atoms with Gasteiger partial charge in [0.15, 0.2) is 0 Å². The van der Waals surface area contributed by atoms with Crippen LogP contribution in [0.25, 0.3) is 0 Å². The van der Waals surface area contributed by atoms with Gasteiger partial charge in [0.25, 0.3) is 0 Å². The van der Waals surface area contributed by atoms with E-state index in [0.717, 1.165) is 19.3 Å². The second-order valence-corrected chi connectivity index (χ2v) is 5.76. The van der Waals surface area contributed by atoms with E-state index in [1.54, 1.807) is 6.08 Å². The van der Waals surface area contributed by atoms with Crippen LogP contribution in [0, 0.1) is 11.8 Å². The van der Waals surface area contributed by atoms with Crippen LogP contribution in [0.4, 0.5) is 0 Å². The molecule has 2 rings (SSSR count). The largest absolute Gasteiger partial charge is 0.481 e. The van der Waals surface area contributed by atoms with E-state index in [4.69, 9.17) is 5.11 Å². The lowest BCUT2D eigenvalue weighted by molar-refractivity contribution is -0.141. The molecule has 1 amide bonds. The van der Waals surface area contributed by atoms with Crippen molar-refractivity contribution < 1.29 is 14.7 Å². The van der Waals surface area contributed by atoms with Gasteiger partial charge >= 0.3 is 5.97 Å². The Morgan fingerprint density at radius 1 is 1.16 bits per heavy atom. The molecular weight excluding hydrogens is 242 g/mol. The lowest BCUT2D eigenvalue weighted by atomic mass is 10.0. The highest BCUT2D eigenvalue weighted by Gasteiger charge is 2.37. The lowest BCUT2D eigenvalue weighted by Crippen LogP contribution is -2.42. The first-order valence-electron chi connectivity index (χ1n) is 7.27. The molecule has 2 atom stereocenters. The van der Waals surface area contributed by atoms with Crippen molar-refractivity contribution in [3.63, 3.8) is 0 Å². The Kier molecular flexibility index (Phi) is 4.61. The second-order valence-electron chi connectivity index (χ2n) is 5.76. The molecule has 0 aromatic rings. The summed E-state index contributed by atoms with van der Waals surface area (Å²) in [6.07, 6.45) is 8.17. The molecule has 0 spiro atoms. The van der Waals surface area contributed by atoms with E-state index in [-0.39, 0.29) is 17.7 Å². The summed E-state index contributed by atoms with van der Waals surface area (Å²) >= 11 is 0. The zero-order valence-electron chi connectivity index (χ0n) is 11.4. The van der Waals surface area contributed by atoms with Crippen LogP contribution in [0.2, 0.25) is 0 Å². The summed E-state index contributed by atoms with van der Waals surface area (Å²) in [4.78, 5) is 25.5. The van der Waals surface area contributed by atoms with Crippen molar-refractivity contribution in [2.24, 2.45) is 11.8 Å². The molecule has 2 unspecified atom stereocenters. The number of carbonyl (C=O) groups is 2. The number of aliphatic carboxylic acids is 1. The smallest absolute Gasteiger partial charge is 0.306 e. The molecule has 4 heteroatoms. The van der Waals surface area contributed by atoms with Gasteiger partial charge in [0, 0.05) is 18.5 Å². The molecule has 1 N–H and O–H groups in total. The number of hydrogen-bond donors (Lipinski definition) is 1. The van der Waals surface area contributed by atoms with Gasteiger partial charge in [0.2, 0.25) is 5.91 Å². The minimum atomic E-state index is -0.758. The molecule has 0 radical (unpaired) electrons. The Morgan fingerprint density at radius 3 is 2.32 bits per heavy atom. The SMILES string of the molecule is C=CCN(C(=O)C1CCC(C(=O)O)C1)C1CCCC1. The van der Waals surface area contributed by atoms with E-state index in [9.17, 15) is 9.59 Å². The summed E-state index contributed by atoms with van der Waals surface area (Å²) < 4.78 is 0. The fourth-order valence-corrected chi connectivity index (χ4v) is 3.44. The average molecular weight is 265 g/mol. The quantitative estimate of drug-likeness (QED) is 0.777. The van der Waals surface area contributed by atoms with Crippen molar-refractivity contribution in [1.82, 2.24) is 4.90 Å². The Labute approximate surface area is 114 Å². The predicted octanol–water partition coefficient (Wildman–Crippen LogP) is 2.44. The van der Waals surface area contributed by atoms with Crippen molar-refractivity contribution in [3.8, 4) is 0 Å². The minimum Gasteiger partial charge on any atom is -0.481 e. The van der Waals surface area contributed by atoms with E-state index in [1.165, 1.54) is 12.8 Å². The Bertz CT molecular complexity index is 360. The van der Waals surface area contributed by atoms with E-state index in [1.807, 2.05) is 4.90 Å². The maximum absolute atomic E-state index is 12.6. The van der Waals surface area contributed by atoms with Crippen LogP contribution in [0.15, 0.2) is 12.7 Å². The van der Waals surface area contributed by atoms with Crippen molar-refractivity contribution in [3.05, 3.63) is 12.7 Å². The molecule has 0 heterocycles. The molecule has 2 saturated carbocycles. The Hall–Kier alpha value is -1.32. The van der Waals surface area contributed by atoms with Gasteiger partial charge in [0.05, 0.1) is 5.92 Å². The van der Waals surface area contributed by atoms with Gasteiger partial charge in [-0.25, -0.2) is 0 Å². The van der Waals surface area contributed by atoms with Crippen LogP contribution < -0.4 is 0 Å². The van der Waals surface area contributed by atoms with Crippen LogP contribution in [-0.4, -0.2) is 34.5 Å². The molecular formula is C15H23NO3. The predicted molar refractivity (Wildman–Crippen MR) is 72.6 cm³/mol. The zero-order chi connectivity index (χ0) is 13.8. The second kappa shape index (κ2) is 6.22. The van der Waals surface area contributed by atoms with Gasteiger partial charge < -0.3 is 10.0 Å². The fraction of sp³-hybridized carbons (Fsp3) is 0.733. The van der Waals surface area contributed by atoms with Gasteiger partial charge in [-0.1, -0.05) is 18.9 Å². The molecule has 4 nitrogen and oxygen atoms in total. The minimum absolute atomic E-state index is 0.0957. The van der Waals surface area contributed by atoms with Crippen LogP contribution in [0.1, 0.15) is 44.9 Å². The van der Waals surface area contributed by atoms with E-state index in [2.05, 4.69) is 6.58 Å². The topological polar surface area (TPSA) is 57.6 Å². The highest BCUT2D eigenvalue weighted by molar-refractivity contribution is 5.81. The number of hydrogen-bond acceptors (Lipinski definition) is 2. The maximum atomic E-state index is 12.6. The molecule has 2 aliphatic carbocycles. The molecule has 0 aromatic heterocycles. The third-order valence-electron chi connectivity index (χ3n) is 4.51. The molecule has 0 saturated heterocycles. The summed E-state index contributed by atoms with van der Waals surface area (Å²) in [6, 6.07) is 0.342. The Morgan fingerprint density at radius 2 is 1.79 bits per heavy atom. The first-order valence-corrected chi connectivity index (χ1v) is 7.27. The summed E-state index contributed by atoms with van der Waals surface area (Å²) in [5.74, 6) is -1.04. The van der Waals surface area contributed by atoms with E-state index in [0.29, 0.717) is 25.4 Å². The molecule has 106 valence electrons. The highest BCUT2D eigenvalue weighted by Crippen LogP contribution is 2.34. The number of nitrogens with zero attached hydrogens (tertiary/aromatic N) is 1. The molecule has 0 aromatic carbocycles. The number of amides is 1. The van der Waals surface area contributed by atoms with Gasteiger partial charge in [-0.3, -0.25) is 9.59 Å². The monoisotopic (exact) mass is 265 g/mol. The Balaban J connectivity index is 1.99. The normalized spacial score (nSPS) is 27.4. The molecule has 0 aliphatic heterocycles.